The average molecular weight is 404 g/mol. The van der Waals surface area contributed by atoms with Crippen molar-refractivity contribution in [2.24, 2.45) is 5.92 Å². The second-order valence-corrected chi connectivity index (χ2v) is 7.39. The molecule has 0 bridgehead atoms. The van der Waals surface area contributed by atoms with Crippen LogP contribution in [0.25, 0.3) is 0 Å². The van der Waals surface area contributed by atoms with Crippen molar-refractivity contribution in [3.63, 3.8) is 0 Å². The molecule has 2 rings (SSSR count). The van der Waals surface area contributed by atoms with Crippen LogP contribution in [-0.4, -0.2) is 47.9 Å². The van der Waals surface area contributed by atoms with Crippen molar-refractivity contribution in [3.05, 3.63) is 47.1 Å². The van der Waals surface area contributed by atoms with Crippen LogP contribution in [0.15, 0.2) is 47.1 Å². The molecule has 7 nitrogen and oxygen atoms in total. The molecule has 0 aromatic carbocycles. The summed E-state index contributed by atoms with van der Waals surface area (Å²) in [5.41, 5.74) is 2.02. The molecular formula is C22H28O7. The third-order valence-corrected chi connectivity index (χ3v) is 5.05. The number of allylic oxidation sites excluding steroid dienone is 1. The fourth-order valence-corrected chi connectivity index (χ4v) is 3.49. The first-order chi connectivity index (χ1) is 13.7. The topological polar surface area (TPSA) is 99.1 Å². The quantitative estimate of drug-likeness (QED) is 0.333. The van der Waals surface area contributed by atoms with Gasteiger partial charge in [0.1, 0.15) is 18.3 Å². The number of carbonyl (C=O) groups is 3. The number of aliphatic hydroxyl groups is 1. The summed E-state index contributed by atoms with van der Waals surface area (Å²) in [6.45, 7) is 10.0. The van der Waals surface area contributed by atoms with E-state index in [1.165, 1.54) is 6.92 Å². The smallest absolute Gasteiger partial charge is 0.334 e. The van der Waals surface area contributed by atoms with Gasteiger partial charge in [-0.25, -0.2) is 9.59 Å². The lowest BCUT2D eigenvalue weighted by molar-refractivity contribution is -0.147. The largest absolute Gasteiger partial charge is 0.458 e. The molecule has 1 aliphatic heterocycles. The van der Waals surface area contributed by atoms with E-state index < -0.39 is 42.1 Å². The van der Waals surface area contributed by atoms with Crippen molar-refractivity contribution in [2.75, 3.05) is 6.61 Å². The minimum Gasteiger partial charge on any atom is -0.458 e. The number of fused-ring (bicyclic) bond motifs is 1. The molecule has 0 saturated carbocycles. The number of carbonyl (C=O) groups excluding carboxylic acids is 3. The van der Waals surface area contributed by atoms with Gasteiger partial charge in [-0.2, -0.15) is 0 Å². The van der Waals surface area contributed by atoms with Crippen LogP contribution >= 0.6 is 0 Å². The molecule has 0 aromatic rings. The molecule has 2 aliphatic rings. The van der Waals surface area contributed by atoms with E-state index >= 15 is 0 Å². The number of rotatable bonds is 4. The van der Waals surface area contributed by atoms with E-state index in [1.807, 2.05) is 6.92 Å². The van der Waals surface area contributed by atoms with E-state index in [1.54, 1.807) is 32.1 Å². The third kappa shape index (κ3) is 5.67. The van der Waals surface area contributed by atoms with Crippen LogP contribution in [0.2, 0.25) is 0 Å². The molecule has 1 fully saturated rings. The number of ether oxygens (including phenoxy) is 3. The van der Waals surface area contributed by atoms with Gasteiger partial charge in [0, 0.05) is 30.9 Å². The molecule has 1 aliphatic carbocycles. The van der Waals surface area contributed by atoms with Gasteiger partial charge in [-0.1, -0.05) is 18.2 Å². The molecule has 4 atom stereocenters. The summed E-state index contributed by atoms with van der Waals surface area (Å²) < 4.78 is 16.5. The molecular weight excluding hydrogens is 376 g/mol. The molecule has 158 valence electrons. The summed E-state index contributed by atoms with van der Waals surface area (Å²) in [6, 6.07) is 0. The molecule has 4 unspecified atom stereocenters. The van der Waals surface area contributed by atoms with Crippen molar-refractivity contribution in [1.29, 1.82) is 0 Å². The molecule has 1 heterocycles. The van der Waals surface area contributed by atoms with Crippen LogP contribution in [0.5, 0.6) is 0 Å². The van der Waals surface area contributed by atoms with Crippen LogP contribution in [0.3, 0.4) is 0 Å². The summed E-state index contributed by atoms with van der Waals surface area (Å²) in [4.78, 5) is 36.1. The zero-order valence-corrected chi connectivity index (χ0v) is 17.3. The average Bonchev–Trinajstić information content (AvgIpc) is 2.91. The fourth-order valence-electron chi connectivity index (χ4n) is 3.49. The predicted molar refractivity (Wildman–Crippen MR) is 106 cm³/mol. The Morgan fingerprint density at radius 3 is 2.55 bits per heavy atom. The monoisotopic (exact) mass is 404 g/mol. The Kier molecular flexibility index (Phi) is 7.56. The van der Waals surface area contributed by atoms with Gasteiger partial charge < -0.3 is 19.3 Å². The van der Waals surface area contributed by atoms with E-state index in [2.05, 4.69) is 6.58 Å². The lowest BCUT2D eigenvalue weighted by Gasteiger charge is -2.28. The van der Waals surface area contributed by atoms with Crippen LogP contribution in [0, 0.1) is 5.92 Å². The van der Waals surface area contributed by atoms with E-state index in [0.717, 1.165) is 5.57 Å². The highest BCUT2D eigenvalue weighted by Gasteiger charge is 2.44. The second kappa shape index (κ2) is 9.69. The number of hydrogen-bond acceptors (Lipinski definition) is 7. The van der Waals surface area contributed by atoms with Crippen LogP contribution in [-0.2, 0) is 28.6 Å². The van der Waals surface area contributed by atoms with Gasteiger partial charge in [0.2, 0.25) is 0 Å². The van der Waals surface area contributed by atoms with Crippen molar-refractivity contribution in [2.45, 2.75) is 58.8 Å². The highest BCUT2D eigenvalue weighted by Crippen LogP contribution is 2.36. The Labute approximate surface area is 170 Å². The van der Waals surface area contributed by atoms with E-state index in [9.17, 15) is 19.5 Å². The first-order valence-corrected chi connectivity index (χ1v) is 9.54. The Hall–Kier alpha value is -2.67. The summed E-state index contributed by atoms with van der Waals surface area (Å²) >= 11 is 0. The lowest BCUT2D eigenvalue weighted by Crippen LogP contribution is -2.34. The van der Waals surface area contributed by atoms with Crippen LogP contribution < -0.4 is 0 Å². The van der Waals surface area contributed by atoms with Gasteiger partial charge in [0.25, 0.3) is 0 Å². The first-order valence-electron chi connectivity index (χ1n) is 9.54. The molecule has 1 saturated heterocycles. The van der Waals surface area contributed by atoms with Crippen molar-refractivity contribution in [1.82, 2.24) is 0 Å². The summed E-state index contributed by atoms with van der Waals surface area (Å²) in [5.74, 6) is -2.09. The molecule has 0 radical (unpaired) electrons. The van der Waals surface area contributed by atoms with Gasteiger partial charge in [-0.3, -0.25) is 4.79 Å². The molecule has 0 amide bonds. The van der Waals surface area contributed by atoms with Gasteiger partial charge in [-0.15, -0.1) is 0 Å². The Morgan fingerprint density at radius 2 is 1.97 bits per heavy atom. The van der Waals surface area contributed by atoms with Gasteiger partial charge in [-0.05, 0) is 38.5 Å². The minimum atomic E-state index is -0.778. The maximum atomic E-state index is 12.4. The number of hydrogen-bond donors (Lipinski definition) is 1. The van der Waals surface area contributed by atoms with E-state index in [0.29, 0.717) is 17.6 Å². The Bertz CT molecular complexity index is 787. The highest BCUT2D eigenvalue weighted by molar-refractivity contribution is 5.92. The van der Waals surface area contributed by atoms with Gasteiger partial charge in [0.15, 0.2) is 0 Å². The van der Waals surface area contributed by atoms with Gasteiger partial charge in [0.05, 0.1) is 12.5 Å². The summed E-state index contributed by atoms with van der Waals surface area (Å²) in [5, 5.41) is 9.86. The molecule has 7 heteroatoms. The summed E-state index contributed by atoms with van der Waals surface area (Å²) in [7, 11) is 0. The maximum Gasteiger partial charge on any atom is 0.334 e. The molecule has 1 N–H and O–H groups in total. The van der Waals surface area contributed by atoms with Crippen molar-refractivity contribution in [3.8, 4) is 0 Å². The van der Waals surface area contributed by atoms with Gasteiger partial charge >= 0.3 is 17.9 Å². The summed E-state index contributed by atoms with van der Waals surface area (Å²) in [6.07, 6.45) is 3.60. The zero-order chi connectivity index (χ0) is 21.7. The minimum absolute atomic E-state index is 0.153. The fraction of sp³-hybridized carbons (Fsp3) is 0.500. The maximum absolute atomic E-state index is 12.4. The number of esters is 3. The zero-order valence-electron chi connectivity index (χ0n) is 17.3. The standard InChI is InChI=1S/C22H28O7/c1-6-13(3)21(25)28-19-10-16(11-23)9-17(27-15(5)24)7-12(2)8-18-20(19)14(4)22(26)29-18/h6,8-9,17-20,23H,4,7,10-11H2,1-3,5H3/b12-8+,13-6+,16-9+. The Morgan fingerprint density at radius 1 is 1.28 bits per heavy atom. The van der Waals surface area contributed by atoms with Crippen LogP contribution in [0.1, 0.15) is 40.5 Å². The van der Waals surface area contributed by atoms with E-state index in [4.69, 9.17) is 14.2 Å². The lowest BCUT2D eigenvalue weighted by atomic mass is 9.85. The van der Waals surface area contributed by atoms with Crippen molar-refractivity contribution >= 4 is 17.9 Å². The normalized spacial score (nSPS) is 31.6. The first kappa shape index (κ1) is 22.6. The van der Waals surface area contributed by atoms with E-state index in [-0.39, 0.29) is 18.6 Å². The second-order valence-electron chi connectivity index (χ2n) is 7.39. The predicted octanol–water partition coefficient (Wildman–Crippen LogP) is 2.55. The molecule has 0 spiro atoms. The van der Waals surface area contributed by atoms with Crippen molar-refractivity contribution < 1.29 is 33.7 Å². The van der Waals surface area contributed by atoms with Crippen LogP contribution in [0.4, 0.5) is 0 Å². The molecule has 29 heavy (non-hydrogen) atoms. The highest BCUT2D eigenvalue weighted by atomic mass is 16.6. The number of aliphatic hydroxyl groups excluding tert-OH is 1. The molecule has 0 aromatic heterocycles. The Balaban J connectivity index is 2.48. The SMILES string of the molecule is C=C1C(=O)OC2/C=C(\C)CC(OC(C)=O)/C=C(/CO)CC(OC(=O)/C(C)=C/C)C12. The third-order valence-electron chi connectivity index (χ3n) is 5.05.